The lowest BCUT2D eigenvalue weighted by Gasteiger charge is -2.07. The molecule has 0 bridgehead atoms. The lowest BCUT2D eigenvalue weighted by atomic mass is 10.2. The maximum atomic E-state index is 11.9. The summed E-state index contributed by atoms with van der Waals surface area (Å²) in [6.07, 6.45) is 5.28. The summed E-state index contributed by atoms with van der Waals surface area (Å²) in [5, 5.41) is 9.48. The Kier molecular flexibility index (Phi) is 5.80. The van der Waals surface area contributed by atoms with Crippen molar-refractivity contribution in [1.82, 2.24) is 19.9 Å². The monoisotopic (exact) mass is 424 g/mol. The van der Waals surface area contributed by atoms with Gasteiger partial charge >= 0.3 is 0 Å². The molecule has 30 heavy (non-hydrogen) atoms. The van der Waals surface area contributed by atoms with Crippen molar-refractivity contribution in [2.75, 3.05) is 20.8 Å². The average molecular weight is 424 g/mol. The highest BCUT2D eigenvalue weighted by molar-refractivity contribution is 7.15. The fourth-order valence-electron chi connectivity index (χ4n) is 2.91. The zero-order chi connectivity index (χ0) is 20.9. The summed E-state index contributed by atoms with van der Waals surface area (Å²) >= 11 is 1.51. The Balaban J connectivity index is 1.42. The van der Waals surface area contributed by atoms with Crippen LogP contribution in [0.15, 0.2) is 52.5 Å². The first kappa shape index (κ1) is 19.7. The summed E-state index contributed by atoms with van der Waals surface area (Å²) in [5.41, 5.74) is 1.82. The van der Waals surface area contributed by atoms with Crippen molar-refractivity contribution in [2.45, 2.75) is 6.42 Å². The number of carbonyl (C=O) groups excluding carboxylic acids is 1. The number of hydrogen-bond acceptors (Lipinski definition) is 7. The van der Waals surface area contributed by atoms with Crippen LogP contribution in [-0.2, 0) is 11.2 Å². The number of methoxy groups -OCH3 is 2. The topological polar surface area (TPSA) is 90.9 Å². The molecule has 9 heteroatoms. The molecule has 0 fully saturated rings. The third-order valence-corrected chi connectivity index (χ3v) is 5.28. The van der Waals surface area contributed by atoms with Crippen molar-refractivity contribution < 1.29 is 18.7 Å². The smallest absolute Gasteiger partial charge is 0.244 e. The van der Waals surface area contributed by atoms with E-state index in [1.54, 1.807) is 38.7 Å². The molecule has 1 amide bonds. The third kappa shape index (κ3) is 4.20. The fraction of sp³-hybridized carbons (Fsp3) is 0.190. The fourth-order valence-corrected chi connectivity index (χ4v) is 3.77. The van der Waals surface area contributed by atoms with Crippen LogP contribution in [0.5, 0.6) is 11.5 Å². The molecule has 4 aromatic rings. The van der Waals surface area contributed by atoms with E-state index in [0.717, 1.165) is 16.2 Å². The molecule has 0 aliphatic heterocycles. The minimum Gasteiger partial charge on any atom is -0.493 e. The number of thiazole rings is 1. The van der Waals surface area contributed by atoms with Gasteiger partial charge in [0.25, 0.3) is 0 Å². The molecule has 0 spiro atoms. The van der Waals surface area contributed by atoms with Gasteiger partial charge in [-0.1, -0.05) is 0 Å². The van der Waals surface area contributed by atoms with Gasteiger partial charge in [-0.3, -0.25) is 4.79 Å². The number of furan rings is 1. The Labute approximate surface area is 176 Å². The Morgan fingerprint density at radius 1 is 1.27 bits per heavy atom. The lowest BCUT2D eigenvalue weighted by molar-refractivity contribution is -0.116. The average Bonchev–Trinajstić information content (AvgIpc) is 3.50. The molecule has 3 aromatic heterocycles. The molecular formula is C21H20N4O4S. The van der Waals surface area contributed by atoms with Crippen molar-refractivity contribution in [3.8, 4) is 22.9 Å². The highest BCUT2D eigenvalue weighted by atomic mass is 32.1. The molecule has 0 atom stereocenters. The van der Waals surface area contributed by atoms with Gasteiger partial charge in [0.1, 0.15) is 5.76 Å². The molecule has 154 valence electrons. The number of hydrogen-bond donors (Lipinski definition) is 1. The van der Waals surface area contributed by atoms with Crippen LogP contribution in [0.4, 0.5) is 0 Å². The predicted octanol–water partition coefficient (Wildman–Crippen LogP) is 3.44. The van der Waals surface area contributed by atoms with Gasteiger partial charge in [0, 0.05) is 30.0 Å². The van der Waals surface area contributed by atoms with Crippen molar-refractivity contribution in [1.29, 1.82) is 0 Å². The summed E-state index contributed by atoms with van der Waals surface area (Å²) in [6.45, 7) is 0.485. The summed E-state index contributed by atoms with van der Waals surface area (Å²) < 4.78 is 17.6. The first-order valence-electron chi connectivity index (χ1n) is 9.23. The van der Waals surface area contributed by atoms with Crippen LogP contribution in [0.2, 0.25) is 0 Å². The van der Waals surface area contributed by atoms with Crippen molar-refractivity contribution in [2.24, 2.45) is 0 Å². The molecule has 0 saturated heterocycles. The van der Waals surface area contributed by atoms with Gasteiger partial charge in [-0.15, -0.1) is 16.4 Å². The molecule has 0 aliphatic rings. The van der Waals surface area contributed by atoms with Crippen LogP contribution >= 0.6 is 11.3 Å². The number of amides is 1. The lowest BCUT2D eigenvalue weighted by Crippen LogP contribution is -2.23. The first-order chi connectivity index (χ1) is 14.7. The second kappa shape index (κ2) is 8.83. The van der Waals surface area contributed by atoms with E-state index >= 15 is 0 Å². The standard InChI is InChI=1S/C21H20N4O4S/c1-27-17-7-5-14(12-18(17)28-2)20-23-21-25(24-20)15(13-30-21)9-10-22-19(26)8-6-16-4-3-11-29-16/h3-8,11-13H,9-10H2,1-2H3,(H,22,26). The zero-order valence-corrected chi connectivity index (χ0v) is 17.3. The van der Waals surface area contributed by atoms with Gasteiger partial charge in [-0.25, -0.2) is 4.52 Å². The number of rotatable bonds is 8. The molecular weight excluding hydrogens is 404 g/mol. The van der Waals surface area contributed by atoms with Crippen molar-refractivity contribution in [3.63, 3.8) is 0 Å². The van der Waals surface area contributed by atoms with E-state index in [1.807, 2.05) is 28.1 Å². The number of ether oxygens (including phenoxy) is 2. The Morgan fingerprint density at radius 2 is 2.13 bits per heavy atom. The maximum Gasteiger partial charge on any atom is 0.244 e. The first-order valence-corrected chi connectivity index (χ1v) is 10.1. The third-order valence-electron chi connectivity index (χ3n) is 4.41. The maximum absolute atomic E-state index is 11.9. The quantitative estimate of drug-likeness (QED) is 0.436. The van der Waals surface area contributed by atoms with Gasteiger partial charge in [0.2, 0.25) is 10.9 Å². The molecule has 3 heterocycles. The molecule has 0 saturated carbocycles. The number of nitrogens with one attached hydrogen (secondary N) is 1. The molecule has 1 N–H and O–H groups in total. The van der Waals surface area contributed by atoms with E-state index in [2.05, 4.69) is 15.4 Å². The molecule has 4 rings (SSSR count). The second-order valence-corrected chi connectivity index (χ2v) is 7.15. The molecule has 0 unspecified atom stereocenters. The largest absolute Gasteiger partial charge is 0.493 e. The molecule has 0 radical (unpaired) electrons. The van der Waals surface area contributed by atoms with Crippen LogP contribution in [-0.4, -0.2) is 41.3 Å². The number of carbonyl (C=O) groups is 1. The van der Waals surface area contributed by atoms with Gasteiger partial charge in [-0.05, 0) is 36.4 Å². The Bertz CT molecular complexity index is 1180. The van der Waals surface area contributed by atoms with Crippen LogP contribution in [0, 0.1) is 0 Å². The minimum atomic E-state index is -0.178. The van der Waals surface area contributed by atoms with Crippen LogP contribution in [0.25, 0.3) is 22.4 Å². The zero-order valence-electron chi connectivity index (χ0n) is 16.5. The number of fused-ring (bicyclic) bond motifs is 1. The molecule has 0 aliphatic carbocycles. The Morgan fingerprint density at radius 3 is 2.90 bits per heavy atom. The van der Waals surface area contributed by atoms with Gasteiger partial charge < -0.3 is 19.2 Å². The van der Waals surface area contributed by atoms with E-state index in [4.69, 9.17) is 13.9 Å². The summed E-state index contributed by atoms with van der Waals surface area (Å²) in [4.78, 5) is 17.3. The minimum absolute atomic E-state index is 0.178. The van der Waals surface area contributed by atoms with E-state index in [0.29, 0.717) is 36.0 Å². The van der Waals surface area contributed by atoms with Gasteiger partial charge in [-0.2, -0.15) is 4.98 Å². The van der Waals surface area contributed by atoms with Crippen LogP contribution < -0.4 is 14.8 Å². The summed E-state index contributed by atoms with van der Waals surface area (Å²) in [7, 11) is 3.19. The SMILES string of the molecule is COc1ccc(-c2nc3scc(CCNC(=O)C=Cc4ccco4)n3n2)cc1OC. The summed E-state index contributed by atoms with van der Waals surface area (Å²) in [6, 6.07) is 9.13. The Hall–Kier alpha value is -3.59. The van der Waals surface area contributed by atoms with E-state index in [-0.39, 0.29) is 5.91 Å². The number of nitrogens with zero attached hydrogens (tertiary/aromatic N) is 3. The van der Waals surface area contributed by atoms with Crippen molar-refractivity contribution >= 4 is 28.3 Å². The van der Waals surface area contributed by atoms with Crippen LogP contribution in [0.1, 0.15) is 11.5 Å². The second-order valence-electron chi connectivity index (χ2n) is 6.32. The molecule has 1 aromatic carbocycles. The summed E-state index contributed by atoms with van der Waals surface area (Å²) in [5.74, 6) is 2.34. The van der Waals surface area contributed by atoms with Gasteiger partial charge in [0.15, 0.2) is 17.3 Å². The van der Waals surface area contributed by atoms with E-state index in [9.17, 15) is 4.79 Å². The number of benzene rings is 1. The van der Waals surface area contributed by atoms with Crippen molar-refractivity contribution in [3.05, 3.63) is 59.5 Å². The predicted molar refractivity (Wildman–Crippen MR) is 114 cm³/mol. The van der Waals surface area contributed by atoms with E-state index in [1.165, 1.54) is 17.4 Å². The van der Waals surface area contributed by atoms with Gasteiger partial charge in [0.05, 0.1) is 26.2 Å². The normalized spacial score (nSPS) is 11.3. The number of aromatic nitrogens is 3. The van der Waals surface area contributed by atoms with Crippen LogP contribution in [0.3, 0.4) is 0 Å². The molecule has 8 nitrogen and oxygen atoms in total. The highest BCUT2D eigenvalue weighted by Crippen LogP contribution is 2.31. The highest BCUT2D eigenvalue weighted by Gasteiger charge is 2.14. The van der Waals surface area contributed by atoms with E-state index < -0.39 is 0 Å².